The molecular formula is C21H12F2N6O2. The van der Waals surface area contributed by atoms with E-state index in [0.29, 0.717) is 10.8 Å². The number of benzene rings is 3. The first-order valence-corrected chi connectivity index (χ1v) is 8.85. The largest absolute Gasteiger partial charge is 0.505 e. The van der Waals surface area contributed by atoms with E-state index in [2.05, 4.69) is 25.7 Å². The molecule has 0 spiro atoms. The molecule has 1 heterocycles. The molecule has 0 aliphatic rings. The van der Waals surface area contributed by atoms with Crippen molar-refractivity contribution in [3.63, 3.8) is 0 Å². The van der Waals surface area contributed by atoms with Gasteiger partial charge in [0.1, 0.15) is 34.6 Å². The average molecular weight is 418 g/mol. The van der Waals surface area contributed by atoms with Crippen molar-refractivity contribution < 1.29 is 18.7 Å². The molecule has 0 bridgehead atoms. The van der Waals surface area contributed by atoms with E-state index in [-0.39, 0.29) is 22.6 Å². The second-order valence-corrected chi connectivity index (χ2v) is 6.34. The number of halogens is 2. The molecule has 1 aromatic heterocycles. The first-order valence-electron chi connectivity index (χ1n) is 8.85. The summed E-state index contributed by atoms with van der Waals surface area (Å²) in [6, 6.07) is 13.1. The van der Waals surface area contributed by atoms with Crippen molar-refractivity contribution in [2.24, 2.45) is 10.2 Å². The molecule has 31 heavy (non-hydrogen) atoms. The summed E-state index contributed by atoms with van der Waals surface area (Å²) in [5.41, 5.74) is -0.827. The maximum Gasteiger partial charge on any atom is 0.259 e. The van der Waals surface area contributed by atoms with Crippen molar-refractivity contribution in [3.05, 3.63) is 77.5 Å². The number of aromatic hydroxyl groups is 1. The van der Waals surface area contributed by atoms with E-state index in [9.17, 15) is 18.7 Å². The lowest BCUT2D eigenvalue weighted by Crippen LogP contribution is -2.14. The molecule has 10 heteroatoms. The number of H-pyrrole nitrogens is 1. The van der Waals surface area contributed by atoms with Crippen LogP contribution in [-0.2, 0) is 0 Å². The lowest BCUT2D eigenvalue weighted by molar-refractivity contribution is 0.102. The highest BCUT2D eigenvalue weighted by Crippen LogP contribution is 2.39. The summed E-state index contributed by atoms with van der Waals surface area (Å²) >= 11 is 0. The maximum atomic E-state index is 13.9. The van der Waals surface area contributed by atoms with Crippen LogP contribution in [0.4, 0.5) is 26.0 Å². The molecular weight excluding hydrogens is 406 g/mol. The van der Waals surface area contributed by atoms with Crippen LogP contribution in [-0.4, -0.2) is 21.2 Å². The minimum atomic E-state index is -0.961. The van der Waals surface area contributed by atoms with Crippen LogP contribution in [0.25, 0.3) is 10.8 Å². The number of amides is 1. The average Bonchev–Trinajstić information content (AvgIpc) is 3.23. The van der Waals surface area contributed by atoms with E-state index in [0.717, 1.165) is 18.2 Å². The first kappa shape index (κ1) is 19.7. The number of anilines is 1. The van der Waals surface area contributed by atoms with Crippen LogP contribution in [0.2, 0.25) is 0 Å². The number of aromatic amines is 1. The number of nitrogens with one attached hydrogen (secondary N) is 2. The van der Waals surface area contributed by atoms with E-state index in [1.165, 1.54) is 12.3 Å². The van der Waals surface area contributed by atoms with Gasteiger partial charge in [0.25, 0.3) is 5.91 Å². The van der Waals surface area contributed by atoms with Crippen LogP contribution >= 0.6 is 0 Å². The van der Waals surface area contributed by atoms with E-state index < -0.39 is 29.0 Å². The van der Waals surface area contributed by atoms with Gasteiger partial charge in [-0.3, -0.25) is 9.89 Å². The van der Waals surface area contributed by atoms with Gasteiger partial charge in [-0.05, 0) is 23.6 Å². The molecule has 0 aliphatic carbocycles. The predicted molar refractivity (Wildman–Crippen MR) is 107 cm³/mol. The number of para-hydroxylation sites is 1. The molecule has 152 valence electrons. The minimum Gasteiger partial charge on any atom is -0.505 e. The molecule has 8 nitrogen and oxygen atoms in total. The smallest absolute Gasteiger partial charge is 0.259 e. The Morgan fingerprint density at radius 1 is 1.13 bits per heavy atom. The molecule has 3 N–H and O–H groups in total. The Balaban J connectivity index is 1.81. The predicted octanol–water partition coefficient (Wildman–Crippen LogP) is 5.09. The van der Waals surface area contributed by atoms with Crippen molar-refractivity contribution in [3.8, 4) is 11.8 Å². The molecule has 0 saturated heterocycles. The van der Waals surface area contributed by atoms with Crippen LogP contribution in [0, 0.1) is 23.0 Å². The number of azo groups is 1. The zero-order valence-electron chi connectivity index (χ0n) is 15.6. The zero-order chi connectivity index (χ0) is 22.0. The van der Waals surface area contributed by atoms with Crippen LogP contribution in [0.15, 0.2) is 65.0 Å². The van der Waals surface area contributed by atoms with Crippen molar-refractivity contribution in [1.29, 1.82) is 5.26 Å². The van der Waals surface area contributed by atoms with Crippen molar-refractivity contribution in [2.75, 3.05) is 5.32 Å². The second kappa shape index (κ2) is 8.00. The van der Waals surface area contributed by atoms with Gasteiger partial charge in [-0.25, -0.2) is 8.78 Å². The fraction of sp³-hybridized carbons (Fsp3) is 0. The number of carbonyl (C=O) groups excluding carboxylic acids is 1. The third-order valence-electron chi connectivity index (χ3n) is 4.43. The monoisotopic (exact) mass is 418 g/mol. The van der Waals surface area contributed by atoms with Gasteiger partial charge in [0.2, 0.25) is 0 Å². The summed E-state index contributed by atoms with van der Waals surface area (Å²) in [4.78, 5) is 12.7. The van der Waals surface area contributed by atoms with Crippen molar-refractivity contribution in [1.82, 2.24) is 10.2 Å². The SMILES string of the molecule is N#Cc1cn[nH]c1/N=N/c1c(O)c(C(=O)Nc2c(F)cccc2F)cc2ccccc12. The number of nitriles is 1. The number of fused-ring (bicyclic) bond motifs is 1. The van der Waals surface area contributed by atoms with Crippen LogP contribution in [0.3, 0.4) is 0 Å². The zero-order valence-corrected chi connectivity index (χ0v) is 15.6. The fourth-order valence-electron chi connectivity index (χ4n) is 2.93. The highest BCUT2D eigenvalue weighted by Gasteiger charge is 2.21. The second-order valence-electron chi connectivity index (χ2n) is 6.34. The maximum absolute atomic E-state index is 13.9. The molecule has 4 rings (SSSR count). The third kappa shape index (κ3) is 3.67. The summed E-state index contributed by atoms with van der Waals surface area (Å²) in [5, 5.41) is 37.0. The molecule has 0 radical (unpaired) electrons. The Hall–Kier alpha value is -4.65. The summed E-state index contributed by atoms with van der Waals surface area (Å²) in [7, 11) is 0. The quantitative estimate of drug-likeness (QED) is 0.399. The van der Waals surface area contributed by atoms with Crippen molar-refractivity contribution >= 4 is 33.9 Å². The summed E-state index contributed by atoms with van der Waals surface area (Å²) in [6.45, 7) is 0. The van der Waals surface area contributed by atoms with Crippen LogP contribution in [0.1, 0.15) is 15.9 Å². The number of nitrogens with zero attached hydrogens (tertiary/aromatic N) is 4. The summed E-state index contributed by atoms with van der Waals surface area (Å²) in [6.07, 6.45) is 1.26. The van der Waals surface area contributed by atoms with E-state index in [1.54, 1.807) is 24.3 Å². The number of phenols is 1. The lowest BCUT2D eigenvalue weighted by Gasteiger charge is -2.12. The first-order chi connectivity index (χ1) is 15.0. The number of rotatable bonds is 4. The van der Waals surface area contributed by atoms with Crippen molar-refractivity contribution in [2.45, 2.75) is 0 Å². The van der Waals surface area contributed by atoms with Gasteiger partial charge < -0.3 is 10.4 Å². The van der Waals surface area contributed by atoms with Crippen LogP contribution in [0.5, 0.6) is 5.75 Å². The van der Waals surface area contributed by atoms with Gasteiger partial charge in [0.05, 0.1) is 11.8 Å². The highest BCUT2D eigenvalue weighted by molar-refractivity contribution is 6.11. The van der Waals surface area contributed by atoms with Gasteiger partial charge in [-0.1, -0.05) is 30.3 Å². The van der Waals surface area contributed by atoms with Gasteiger partial charge in [-0.2, -0.15) is 10.4 Å². The van der Waals surface area contributed by atoms with Gasteiger partial charge in [0.15, 0.2) is 11.6 Å². The molecule has 0 saturated carbocycles. The van der Waals surface area contributed by atoms with Gasteiger partial charge >= 0.3 is 0 Å². The number of carbonyl (C=O) groups is 1. The molecule has 0 aliphatic heterocycles. The Kier molecular flexibility index (Phi) is 5.07. The summed E-state index contributed by atoms with van der Waals surface area (Å²) in [5.74, 6) is -3.35. The molecule has 0 unspecified atom stereocenters. The molecule has 1 amide bonds. The highest BCUT2D eigenvalue weighted by atomic mass is 19.1. The Labute approximate surface area is 173 Å². The van der Waals surface area contributed by atoms with E-state index in [4.69, 9.17) is 5.26 Å². The Bertz CT molecular complexity index is 1370. The lowest BCUT2D eigenvalue weighted by atomic mass is 10.0. The van der Waals surface area contributed by atoms with Gasteiger partial charge in [0, 0.05) is 5.39 Å². The Morgan fingerprint density at radius 2 is 1.87 bits per heavy atom. The topological polar surface area (TPSA) is 127 Å². The number of hydrogen-bond acceptors (Lipinski definition) is 6. The summed E-state index contributed by atoms with van der Waals surface area (Å²) < 4.78 is 27.8. The third-order valence-corrected chi connectivity index (χ3v) is 4.43. The minimum absolute atomic E-state index is 0.0595. The fourth-order valence-corrected chi connectivity index (χ4v) is 2.93. The Morgan fingerprint density at radius 3 is 2.61 bits per heavy atom. The number of hydrogen-bond donors (Lipinski definition) is 3. The number of aromatic nitrogens is 2. The normalized spacial score (nSPS) is 11.0. The molecule has 4 aromatic rings. The van der Waals surface area contributed by atoms with Gasteiger partial charge in [-0.15, -0.1) is 10.2 Å². The molecule has 3 aromatic carbocycles. The van der Waals surface area contributed by atoms with Crippen LogP contribution < -0.4 is 5.32 Å². The van der Waals surface area contributed by atoms with E-state index >= 15 is 0 Å². The molecule has 0 fully saturated rings. The standard InChI is InChI=1S/C21H12F2N6O2/c22-15-6-3-7-16(23)18(15)26-21(31)14-8-11-4-1-2-5-13(11)17(19(14)30)27-29-20-12(9-24)10-25-28-20/h1-8,10,30H,(H,25,28)(H,26,31)/b29-27+. The molecule has 0 atom stereocenters. The van der Waals surface area contributed by atoms with E-state index in [1.807, 2.05) is 6.07 Å². The number of phenolic OH excluding ortho intramolecular Hbond substituents is 1.